The van der Waals surface area contributed by atoms with Crippen molar-refractivity contribution in [1.82, 2.24) is 19.4 Å². The lowest BCUT2D eigenvalue weighted by Gasteiger charge is -2.27. The smallest absolute Gasteiger partial charge is 0.272 e. The van der Waals surface area contributed by atoms with E-state index in [4.69, 9.17) is 0 Å². The molecule has 0 unspecified atom stereocenters. The Bertz CT molecular complexity index is 1190. The van der Waals surface area contributed by atoms with Gasteiger partial charge in [-0.15, -0.1) is 0 Å². The summed E-state index contributed by atoms with van der Waals surface area (Å²) in [5, 5.41) is 7.12. The second-order valence-corrected chi connectivity index (χ2v) is 9.10. The number of aryl methyl sites for hydroxylation is 1. The van der Waals surface area contributed by atoms with Crippen LogP contribution >= 0.6 is 0 Å². The number of aromatic nitrogens is 2. The molecule has 0 bridgehead atoms. The third kappa shape index (κ3) is 3.99. The van der Waals surface area contributed by atoms with E-state index in [1.54, 1.807) is 17.7 Å². The summed E-state index contributed by atoms with van der Waals surface area (Å²) in [6, 6.07) is 15.0. The highest BCUT2D eigenvalue weighted by molar-refractivity contribution is 7.89. The van der Waals surface area contributed by atoms with Gasteiger partial charge in [0, 0.05) is 13.1 Å². The van der Waals surface area contributed by atoms with Crippen LogP contribution in [0, 0.1) is 12.7 Å². The molecule has 30 heavy (non-hydrogen) atoms. The Hall–Kier alpha value is -3.04. The molecule has 2 heterocycles. The highest BCUT2D eigenvalue weighted by atomic mass is 32.2. The van der Waals surface area contributed by atoms with Crippen LogP contribution in [-0.4, -0.2) is 35.0 Å². The van der Waals surface area contributed by atoms with Gasteiger partial charge in [-0.3, -0.25) is 9.48 Å². The average molecular weight is 428 g/mol. The number of carbonyl (C=O) groups excluding carboxylic acids is 1. The number of rotatable bonds is 5. The number of fused-ring (bicyclic) bond motifs is 1. The number of sulfonamides is 1. The van der Waals surface area contributed by atoms with Crippen molar-refractivity contribution in [1.29, 1.82) is 0 Å². The minimum atomic E-state index is -3.85. The lowest BCUT2D eigenvalue weighted by molar-refractivity contribution is 0.0945. The minimum absolute atomic E-state index is 0.0663. The molecule has 156 valence electrons. The standard InChI is InChI=1S/C21H21FN4O3S/c1-15-7-8-18(12-19(15)22)30(28,29)25-9-10-26-17(14-25)11-20(24-26)21(27)23-13-16-5-3-2-4-6-16/h2-8,11-12H,9-10,13-14H2,1H3,(H,23,27). The third-order valence-corrected chi connectivity index (χ3v) is 6.91. The van der Waals surface area contributed by atoms with E-state index in [-0.39, 0.29) is 29.6 Å². The molecule has 1 N–H and O–H groups in total. The molecule has 1 aromatic heterocycles. The molecule has 0 aliphatic carbocycles. The summed E-state index contributed by atoms with van der Waals surface area (Å²) in [5.41, 5.74) is 2.21. The first-order valence-electron chi connectivity index (χ1n) is 9.50. The summed E-state index contributed by atoms with van der Waals surface area (Å²) in [5.74, 6) is -0.883. The van der Waals surface area contributed by atoms with Crippen molar-refractivity contribution in [3.63, 3.8) is 0 Å². The van der Waals surface area contributed by atoms with Crippen LogP contribution in [0.15, 0.2) is 59.5 Å². The van der Waals surface area contributed by atoms with E-state index in [1.807, 2.05) is 30.3 Å². The van der Waals surface area contributed by atoms with E-state index in [0.29, 0.717) is 24.3 Å². The molecular formula is C21H21FN4O3S. The van der Waals surface area contributed by atoms with Crippen molar-refractivity contribution in [2.75, 3.05) is 6.54 Å². The van der Waals surface area contributed by atoms with Gasteiger partial charge in [0.15, 0.2) is 5.69 Å². The fraction of sp³-hybridized carbons (Fsp3) is 0.238. The van der Waals surface area contributed by atoms with Crippen molar-refractivity contribution in [2.45, 2.75) is 31.5 Å². The number of nitrogens with zero attached hydrogens (tertiary/aromatic N) is 3. The van der Waals surface area contributed by atoms with Crippen LogP contribution in [0.25, 0.3) is 0 Å². The van der Waals surface area contributed by atoms with E-state index < -0.39 is 15.8 Å². The zero-order valence-corrected chi connectivity index (χ0v) is 17.2. The minimum Gasteiger partial charge on any atom is -0.347 e. The van der Waals surface area contributed by atoms with Crippen LogP contribution in [0.3, 0.4) is 0 Å². The van der Waals surface area contributed by atoms with Crippen LogP contribution in [0.4, 0.5) is 4.39 Å². The highest BCUT2D eigenvalue weighted by Crippen LogP contribution is 2.23. The quantitative estimate of drug-likeness (QED) is 0.677. The molecule has 1 amide bonds. The molecule has 0 spiro atoms. The number of hydrogen-bond acceptors (Lipinski definition) is 4. The van der Waals surface area contributed by atoms with Gasteiger partial charge in [0.2, 0.25) is 10.0 Å². The Morgan fingerprint density at radius 1 is 1.13 bits per heavy atom. The van der Waals surface area contributed by atoms with Crippen LogP contribution in [0.5, 0.6) is 0 Å². The summed E-state index contributed by atoms with van der Waals surface area (Å²) in [7, 11) is -3.85. The van der Waals surface area contributed by atoms with Crippen molar-refractivity contribution in [2.24, 2.45) is 0 Å². The Morgan fingerprint density at radius 2 is 1.90 bits per heavy atom. The van der Waals surface area contributed by atoms with Crippen LogP contribution in [0.1, 0.15) is 27.3 Å². The molecule has 1 aliphatic rings. The average Bonchev–Trinajstić information content (AvgIpc) is 3.18. The van der Waals surface area contributed by atoms with E-state index in [1.165, 1.54) is 16.4 Å². The van der Waals surface area contributed by atoms with Crippen molar-refractivity contribution >= 4 is 15.9 Å². The van der Waals surface area contributed by atoms with Gasteiger partial charge >= 0.3 is 0 Å². The maximum atomic E-state index is 13.9. The van der Waals surface area contributed by atoms with Gasteiger partial charge in [0.25, 0.3) is 5.91 Å². The monoisotopic (exact) mass is 428 g/mol. The molecule has 0 saturated carbocycles. The SMILES string of the molecule is Cc1ccc(S(=O)(=O)N2CCn3nc(C(=O)NCc4ccccc4)cc3C2)cc1F. The molecule has 0 atom stereocenters. The summed E-state index contributed by atoms with van der Waals surface area (Å²) >= 11 is 0. The molecule has 0 radical (unpaired) electrons. The second-order valence-electron chi connectivity index (χ2n) is 7.16. The summed E-state index contributed by atoms with van der Waals surface area (Å²) in [4.78, 5) is 12.4. The van der Waals surface area contributed by atoms with Gasteiger partial charge in [0.05, 0.1) is 23.7 Å². The van der Waals surface area contributed by atoms with Crippen molar-refractivity contribution in [3.8, 4) is 0 Å². The van der Waals surface area contributed by atoms with Crippen LogP contribution in [-0.2, 0) is 29.7 Å². The van der Waals surface area contributed by atoms with Crippen molar-refractivity contribution < 1.29 is 17.6 Å². The van der Waals surface area contributed by atoms with E-state index >= 15 is 0 Å². The lowest BCUT2D eigenvalue weighted by Crippen LogP contribution is -2.38. The lowest BCUT2D eigenvalue weighted by atomic mass is 10.2. The molecule has 2 aromatic carbocycles. The topological polar surface area (TPSA) is 84.3 Å². The molecule has 1 aliphatic heterocycles. The number of nitrogens with one attached hydrogen (secondary N) is 1. The van der Waals surface area contributed by atoms with Crippen molar-refractivity contribution in [3.05, 3.63) is 82.9 Å². The van der Waals surface area contributed by atoms with Gasteiger partial charge in [-0.2, -0.15) is 9.40 Å². The number of carbonyl (C=O) groups is 1. The Labute approximate surface area is 174 Å². The number of halogens is 1. The zero-order valence-electron chi connectivity index (χ0n) is 16.4. The first-order valence-corrected chi connectivity index (χ1v) is 10.9. The van der Waals surface area contributed by atoms with Gasteiger partial charge in [-0.25, -0.2) is 12.8 Å². The Kier molecular flexibility index (Phi) is 5.40. The third-order valence-electron chi connectivity index (χ3n) is 5.07. The number of amides is 1. The first kappa shape index (κ1) is 20.2. The molecule has 9 heteroatoms. The van der Waals surface area contributed by atoms with Gasteiger partial charge in [-0.1, -0.05) is 36.4 Å². The maximum absolute atomic E-state index is 13.9. The van der Waals surface area contributed by atoms with E-state index in [0.717, 1.165) is 11.6 Å². The predicted octanol–water partition coefficient (Wildman–Crippen LogP) is 2.47. The van der Waals surface area contributed by atoms with Gasteiger partial charge in [0.1, 0.15) is 5.82 Å². The fourth-order valence-electron chi connectivity index (χ4n) is 3.31. The molecule has 0 saturated heterocycles. The normalized spacial score (nSPS) is 14.3. The van der Waals surface area contributed by atoms with E-state index in [2.05, 4.69) is 10.4 Å². The summed E-state index contributed by atoms with van der Waals surface area (Å²) in [6.07, 6.45) is 0. The second kappa shape index (κ2) is 8.00. The molecule has 4 rings (SSSR count). The molecule has 7 nitrogen and oxygen atoms in total. The molecule has 0 fully saturated rings. The Balaban J connectivity index is 1.48. The zero-order chi connectivity index (χ0) is 21.3. The number of benzene rings is 2. The van der Waals surface area contributed by atoms with Gasteiger partial charge < -0.3 is 5.32 Å². The molecular weight excluding hydrogens is 407 g/mol. The summed E-state index contributed by atoms with van der Waals surface area (Å²) in [6.45, 7) is 2.53. The first-order chi connectivity index (χ1) is 14.3. The largest absolute Gasteiger partial charge is 0.347 e. The van der Waals surface area contributed by atoms with E-state index in [9.17, 15) is 17.6 Å². The Morgan fingerprint density at radius 3 is 2.63 bits per heavy atom. The number of hydrogen-bond donors (Lipinski definition) is 1. The highest BCUT2D eigenvalue weighted by Gasteiger charge is 2.30. The van der Waals surface area contributed by atoms with Crippen LogP contribution < -0.4 is 5.32 Å². The van der Waals surface area contributed by atoms with Crippen LogP contribution in [0.2, 0.25) is 0 Å². The predicted molar refractivity (Wildman–Crippen MR) is 109 cm³/mol. The maximum Gasteiger partial charge on any atom is 0.272 e. The van der Waals surface area contributed by atoms with Gasteiger partial charge in [-0.05, 0) is 36.2 Å². The fourth-order valence-corrected chi connectivity index (χ4v) is 4.73. The summed E-state index contributed by atoms with van der Waals surface area (Å²) < 4.78 is 42.6. The molecule has 3 aromatic rings.